The van der Waals surface area contributed by atoms with E-state index in [9.17, 15) is 9.59 Å². The minimum absolute atomic E-state index is 0.00147. The highest BCUT2D eigenvalue weighted by Crippen LogP contribution is 2.18. The molecule has 0 radical (unpaired) electrons. The van der Waals surface area contributed by atoms with Crippen molar-refractivity contribution in [1.29, 1.82) is 0 Å². The van der Waals surface area contributed by atoms with Gasteiger partial charge in [-0.3, -0.25) is 14.3 Å². The van der Waals surface area contributed by atoms with Crippen LogP contribution < -0.4 is 0 Å². The first-order valence-electron chi connectivity index (χ1n) is 10.7. The highest BCUT2D eigenvalue weighted by atomic mass is 16.5. The van der Waals surface area contributed by atoms with Crippen molar-refractivity contribution < 1.29 is 14.1 Å². The molecular formula is C21H32N6O3. The van der Waals surface area contributed by atoms with Crippen molar-refractivity contribution >= 4 is 11.8 Å². The molecule has 0 saturated carbocycles. The zero-order valence-corrected chi connectivity index (χ0v) is 18.4. The predicted octanol–water partition coefficient (Wildman–Crippen LogP) is 1.86. The lowest BCUT2D eigenvalue weighted by Gasteiger charge is -2.39. The van der Waals surface area contributed by atoms with Gasteiger partial charge in [-0.1, -0.05) is 19.0 Å². The minimum Gasteiger partial charge on any atom is -0.339 e. The fourth-order valence-corrected chi connectivity index (χ4v) is 3.87. The molecule has 0 spiro atoms. The number of rotatable bonds is 8. The predicted molar refractivity (Wildman–Crippen MR) is 110 cm³/mol. The van der Waals surface area contributed by atoms with Crippen LogP contribution in [0.1, 0.15) is 51.0 Å². The van der Waals surface area contributed by atoms with Crippen LogP contribution in [0.4, 0.5) is 0 Å². The molecule has 30 heavy (non-hydrogen) atoms. The Labute approximate surface area is 177 Å². The Bertz CT molecular complexity index is 859. The van der Waals surface area contributed by atoms with Crippen molar-refractivity contribution in [3.8, 4) is 0 Å². The van der Waals surface area contributed by atoms with Crippen LogP contribution in [0, 0.1) is 12.8 Å². The fourth-order valence-electron chi connectivity index (χ4n) is 3.87. The highest BCUT2D eigenvalue weighted by Gasteiger charge is 2.29. The third-order valence-corrected chi connectivity index (χ3v) is 5.34. The van der Waals surface area contributed by atoms with Gasteiger partial charge in [0.15, 0.2) is 5.82 Å². The van der Waals surface area contributed by atoms with E-state index in [0.717, 1.165) is 25.0 Å². The van der Waals surface area contributed by atoms with Crippen LogP contribution in [-0.4, -0.2) is 67.2 Å². The maximum atomic E-state index is 12.7. The maximum Gasteiger partial charge on any atom is 0.244 e. The van der Waals surface area contributed by atoms with Crippen LogP contribution in [0.5, 0.6) is 0 Å². The minimum atomic E-state index is 0.00147. The molecule has 1 aliphatic rings. The molecular weight excluding hydrogens is 384 g/mol. The van der Waals surface area contributed by atoms with Crippen LogP contribution >= 0.6 is 0 Å². The Balaban J connectivity index is 1.57. The number of hydrogen-bond acceptors (Lipinski definition) is 6. The molecule has 0 aromatic carbocycles. The maximum absolute atomic E-state index is 12.7. The van der Waals surface area contributed by atoms with E-state index in [1.807, 2.05) is 29.0 Å². The summed E-state index contributed by atoms with van der Waals surface area (Å²) in [5.41, 5.74) is 0.889. The third-order valence-electron chi connectivity index (χ3n) is 5.34. The molecule has 0 bridgehead atoms. The van der Waals surface area contributed by atoms with Gasteiger partial charge in [0.05, 0.1) is 5.69 Å². The molecule has 1 atom stereocenters. The Morgan fingerprint density at radius 1 is 1.37 bits per heavy atom. The Morgan fingerprint density at radius 3 is 2.83 bits per heavy atom. The normalized spacial score (nSPS) is 16.8. The van der Waals surface area contributed by atoms with Crippen molar-refractivity contribution in [1.82, 2.24) is 29.7 Å². The first kappa shape index (κ1) is 22.0. The quantitative estimate of drug-likeness (QED) is 0.651. The zero-order chi connectivity index (χ0) is 21.7. The number of carbonyl (C=O) groups excluding carboxylic acids is 2. The molecule has 0 N–H and O–H groups in total. The molecule has 1 unspecified atom stereocenters. The molecule has 164 valence electrons. The van der Waals surface area contributed by atoms with E-state index in [4.69, 9.17) is 4.52 Å². The van der Waals surface area contributed by atoms with Crippen LogP contribution in [0.25, 0.3) is 0 Å². The summed E-state index contributed by atoms with van der Waals surface area (Å²) >= 11 is 0. The van der Waals surface area contributed by atoms with Gasteiger partial charge < -0.3 is 14.3 Å². The molecule has 2 aromatic heterocycles. The summed E-state index contributed by atoms with van der Waals surface area (Å²) in [6, 6.07) is 1.88. The number of piperidine rings is 1. The number of hydrogen-bond donors (Lipinski definition) is 0. The first-order valence-corrected chi connectivity index (χ1v) is 10.7. The SMILES string of the molecule is CC(=O)N(CCc1noc(CC(C)C)n1)C1CCCN(C(=O)Cn2ccc(C)n2)C1. The monoisotopic (exact) mass is 416 g/mol. The van der Waals surface area contributed by atoms with Gasteiger partial charge in [0.25, 0.3) is 0 Å². The Kier molecular flexibility index (Phi) is 7.23. The largest absolute Gasteiger partial charge is 0.339 e. The van der Waals surface area contributed by atoms with Crippen molar-refractivity contribution in [3.05, 3.63) is 29.7 Å². The molecule has 9 heteroatoms. The van der Waals surface area contributed by atoms with E-state index < -0.39 is 0 Å². The van der Waals surface area contributed by atoms with Crippen LogP contribution in [0.3, 0.4) is 0 Å². The van der Waals surface area contributed by atoms with E-state index in [0.29, 0.717) is 43.7 Å². The van der Waals surface area contributed by atoms with Gasteiger partial charge in [-0.25, -0.2) is 0 Å². The van der Waals surface area contributed by atoms with E-state index in [1.54, 1.807) is 11.6 Å². The fraction of sp³-hybridized carbons (Fsp3) is 0.667. The summed E-state index contributed by atoms with van der Waals surface area (Å²) in [6.45, 7) is 9.68. The second-order valence-electron chi connectivity index (χ2n) is 8.46. The lowest BCUT2D eigenvalue weighted by Crippen LogP contribution is -2.52. The third kappa shape index (κ3) is 5.90. The molecule has 1 saturated heterocycles. The van der Waals surface area contributed by atoms with Gasteiger partial charge >= 0.3 is 0 Å². The number of aromatic nitrogens is 4. The van der Waals surface area contributed by atoms with Crippen molar-refractivity contribution in [3.63, 3.8) is 0 Å². The summed E-state index contributed by atoms with van der Waals surface area (Å²) in [7, 11) is 0. The summed E-state index contributed by atoms with van der Waals surface area (Å²) in [5.74, 6) is 1.74. The Morgan fingerprint density at radius 2 is 2.17 bits per heavy atom. The standard InChI is InChI=1S/C21H32N6O3/c1-15(2)12-20-22-19(24-30-20)8-11-27(17(4)28)18-6-5-9-25(13-18)21(29)14-26-10-7-16(3)23-26/h7,10,15,18H,5-6,8-9,11-14H2,1-4H3. The summed E-state index contributed by atoms with van der Waals surface area (Å²) in [6.07, 6.45) is 4.86. The summed E-state index contributed by atoms with van der Waals surface area (Å²) in [5, 5.41) is 8.33. The molecule has 1 aliphatic heterocycles. The smallest absolute Gasteiger partial charge is 0.244 e. The lowest BCUT2D eigenvalue weighted by atomic mass is 10.0. The second kappa shape index (κ2) is 9.86. The van der Waals surface area contributed by atoms with Crippen molar-refractivity contribution in [2.75, 3.05) is 19.6 Å². The van der Waals surface area contributed by atoms with E-state index in [-0.39, 0.29) is 24.4 Å². The summed E-state index contributed by atoms with van der Waals surface area (Å²) in [4.78, 5) is 33.2. The number of aryl methyl sites for hydroxylation is 1. The van der Waals surface area contributed by atoms with Crippen molar-refractivity contribution in [2.45, 2.75) is 66.0 Å². The number of amides is 2. The number of carbonyl (C=O) groups is 2. The molecule has 1 fully saturated rings. The van der Waals surface area contributed by atoms with Gasteiger partial charge in [0.2, 0.25) is 17.7 Å². The van der Waals surface area contributed by atoms with E-state index >= 15 is 0 Å². The molecule has 9 nitrogen and oxygen atoms in total. The van der Waals surface area contributed by atoms with Crippen LogP contribution in [0.2, 0.25) is 0 Å². The van der Waals surface area contributed by atoms with Gasteiger partial charge in [0.1, 0.15) is 6.54 Å². The molecule has 3 heterocycles. The van der Waals surface area contributed by atoms with Crippen molar-refractivity contribution in [2.24, 2.45) is 5.92 Å². The molecule has 3 rings (SSSR count). The van der Waals surface area contributed by atoms with E-state index in [1.165, 1.54) is 0 Å². The second-order valence-corrected chi connectivity index (χ2v) is 8.46. The number of nitrogens with zero attached hydrogens (tertiary/aromatic N) is 6. The zero-order valence-electron chi connectivity index (χ0n) is 18.4. The molecule has 2 amide bonds. The topological polar surface area (TPSA) is 97.4 Å². The van der Waals surface area contributed by atoms with Gasteiger partial charge in [-0.15, -0.1) is 0 Å². The lowest BCUT2D eigenvalue weighted by molar-refractivity contribution is -0.139. The van der Waals surface area contributed by atoms with Gasteiger partial charge in [-0.05, 0) is 31.7 Å². The average Bonchev–Trinajstić information content (AvgIpc) is 3.30. The average molecular weight is 417 g/mol. The molecule has 2 aromatic rings. The van der Waals surface area contributed by atoms with Crippen LogP contribution in [0.15, 0.2) is 16.8 Å². The molecule has 0 aliphatic carbocycles. The highest BCUT2D eigenvalue weighted by molar-refractivity contribution is 5.76. The Hall–Kier alpha value is -2.71. The number of likely N-dealkylation sites (tertiary alicyclic amines) is 1. The van der Waals surface area contributed by atoms with Gasteiger partial charge in [0, 0.05) is 51.6 Å². The summed E-state index contributed by atoms with van der Waals surface area (Å²) < 4.78 is 6.96. The van der Waals surface area contributed by atoms with Crippen LogP contribution in [-0.2, 0) is 29.0 Å². The van der Waals surface area contributed by atoms with Gasteiger partial charge in [-0.2, -0.15) is 10.1 Å². The first-order chi connectivity index (χ1) is 14.3. The van der Waals surface area contributed by atoms with E-state index in [2.05, 4.69) is 29.1 Å².